The number of halogens is 2. The molecule has 0 saturated heterocycles. The number of sulfone groups is 1. The van der Waals surface area contributed by atoms with Crippen LogP contribution >= 0.6 is 0 Å². The third-order valence-electron chi connectivity index (χ3n) is 3.74. The highest BCUT2D eigenvalue weighted by atomic mass is 32.2. The SMILES string of the molecule is CS(=O)(=O)c1ccc(C2=COC(=O)C2c2ccc(F)c(F)c2)cc1. The van der Waals surface area contributed by atoms with Crippen LogP contribution in [0.2, 0.25) is 0 Å². The molecule has 1 heterocycles. The molecule has 0 spiro atoms. The lowest BCUT2D eigenvalue weighted by Crippen LogP contribution is -2.10. The van der Waals surface area contributed by atoms with Gasteiger partial charge in [0, 0.05) is 11.8 Å². The molecular formula is C17H12F2O4S. The first kappa shape index (κ1) is 16.3. The Morgan fingerprint density at radius 2 is 1.67 bits per heavy atom. The predicted octanol–water partition coefficient (Wildman–Crippen LogP) is 3.05. The molecule has 0 bridgehead atoms. The molecule has 4 nitrogen and oxygen atoms in total. The number of carbonyl (C=O) groups is 1. The maximum absolute atomic E-state index is 13.5. The molecule has 7 heteroatoms. The van der Waals surface area contributed by atoms with Crippen LogP contribution in [0, 0.1) is 11.6 Å². The van der Waals surface area contributed by atoms with Crippen molar-refractivity contribution in [3.63, 3.8) is 0 Å². The molecule has 1 atom stereocenters. The van der Waals surface area contributed by atoms with Gasteiger partial charge < -0.3 is 4.74 Å². The second-order valence-electron chi connectivity index (χ2n) is 5.41. The van der Waals surface area contributed by atoms with Gasteiger partial charge in [0.15, 0.2) is 21.5 Å². The summed E-state index contributed by atoms with van der Waals surface area (Å²) in [5.74, 6) is -3.57. The Labute approximate surface area is 137 Å². The number of hydrogen-bond donors (Lipinski definition) is 0. The molecular weight excluding hydrogens is 338 g/mol. The van der Waals surface area contributed by atoms with Crippen molar-refractivity contribution in [3.8, 4) is 0 Å². The molecule has 0 aliphatic carbocycles. The van der Waals surface area contributed by atoms with Crippen molar-refractivity contribution in [1.29, 1.82) is 0 Å². The van der Waals surface area contributed by atoms with Crippen LogP contribution in [-0.4, -0.2) is 20.6 Å². The van der Waals surface area contributed by atoms with E-state index >= 15 is 0 Å². The van der Waals surface area contributed by atoms with Gasteiger partial charge in [-0.25, -0.2) is 17.2 Å². The van der Waals surface area contributed by atoms with Crippen molar-refractivity contribution in [2.75, 3.05) is 6.26 Å². The molecule has 0 amide bonds. The summed E-state index contributed by atoms with van der Waals surface area (Å²) in [5, 5.41) is 0. The molecule has 24 heavy (non-hydrogen) atoms. The first-order chi connectivity index (χ1) is 11.3. The van der Waals surface area contributed by atoms with Gasteiger partial charge in [0.05, 0.1) is 11.2 Å². The number of benzene rings is 2. The summed E-state index contributed by atoms with van der Waals surface area (Å²) < 4.78 is 54.5. The van der Waals surface area contributed by atoms with Crippen molar-refractivity contribution in [1.82, 2.24) is 0 Å². The van der Waals surface area contributed by atoms with Crippen LogP contribution in [0.4, 0.5) is 8.78 Å². The molecule has 0 radical (unpaired) electrons. The van der Waals surface area contributed by atoms with E-state index in [1.807, 2.05) is 0 Å². The molecule has 3 rings (SSSR count). The third kappa shape index (κ3) is 2.94. The lowest BCUT2D eigenvalue weighted by atomic mass is 9.88. The monoisotopic (exact) mass is 350 g/mol. The van der Waals surface area contributed by atoms with E-state index in [0.717, 1.165) is 18.4 Å². The van der Waals surface area contributed by atoms with E-state index in [2.05, 4.69) is 0 Å². The lowest BCUT2D eigenvalue weighted by Gasteiger charge is -2.12. The van der Waals surface area contributed by atoms with Crippen LogP contribution in [0.5, 0.6) is 0 Å². The van der Waals surface area contributed by atoms with E-state index in [-0.39, 0.29) is 10.5 Å². The molecule has 0 aromatic heterocycles. The fourth-order valence-corrected chi connectivity index (χ4v) is 3.15. The maximum atomic E-state index is 13.5. The zero-order valence-corrected chi connectivity index (χ0v) is 13.3. The normalized spacial score (nSPS) is 17.5. The van der Waals surface area contributed by atoms with Gasteiger partial charge >= 0.3 is 5.97 Å². The van der Waals surface area contributed by atoms with Gasteiger partial charge in [-0.05, 0) is 35.4 Å². The third-order valence-corrected chi connectivity index (χ3v) is 4.87. The van der Waals surface area contributed by atoms with Gasteiger partial charge in [-0.3, -0.25) is 4.79 Å². The summed E-state index contributed by atoms with van der Waals surface area (Å²) in [4.78, 5) is 12.1. The van der Waals surface area contributed by atoms with Crippen molar-refractivity contribution in [2.45, 2.75) is 10.8 Å². The summed E-state index contributed by atoms with van der Waals surface area (Å²) in [5.41, 5.74) is 1.27. The predicted molar refractivity (Wildman–Crippen MR) is 82.7 cm³/mol. The van der Waals surface area contributed by atoms with Crippen LogP contribution in [0.25, 0.3) is 5.57 Å². The van der Waals surface area contributed by atoms with Gasteiger partial charge in [0.1, 0.15) is 5.92 Å². The zero-order valence-electron chi connectivity index (χ0n) is 12.5. The smallest absolute Gasteiger partial charge is 0.322 e. The number of hydrogen-bond acceptors (Lipinski definition) is 4. The van der Waals surface area contributed by atoms with E-state index in [4.69, 9.17) is 4.74 Å². The molecule has 0 fully saturated rings. The van der Waals surface area contributed by atoms with E-state index < -0.39 is 33.4 Å². The fourth-order valence-electron chi connectivity index (χ4n) is 2.52. The molecule has 124 valence electrons. The standard InChI is InChI=1S/C17H12F2O4S/c1-24(21,22)12-5-2-10(3-6-12)13-9-23-17(20)16(13)11-4-7-14(18)15(19)8-11/h2-9,16H,1H3. The highest BCUT2D eigenvalue weighted by molar-refractivity contribution is 7.90. The summed E-state index contributed by atoms with van der Waals surface area (Å²) in [6.45, 7) is 0. The zero-order chi connectivity index (χ0) is 17.5. The Balaban J connectivity index is 2.00. The van der Waals surface area contributed by atoms with E-state index in [9.17, 15) is 22.0 Å². The highest BCUT2D eigenvalue weighted by Crippen LogP contribution is 2.38. The first-order valence-electron chi connectivity index (χ1n) is 6.93. The Bertz CT molecular complexity index is 947. The first-order valence-corrected chi connectivity index (χ1v) is 8.82. The number of ether oxygens (including phenoxy) is 1. The minimum absolute atomic E-state index is 0.140. The van der Waals surface area contributed by atoms with E-state index in [1.54, 1.807) is 0 Å². The average Bonchev–Trinajstić information content (AvgIpc) is 2.91. The molecule has 0 N–H and O–H groups in total. The Morgan fingerprint density at radius 3 is 2.25 bits per heavy atom. The van der Waals surface area contributed by atoms with Crippen molar-refractivity contribution in [3.05, 3.63) is 71.5 Å². The van der Waals surface area contributed by atoms with Crippen LogP contribution in [0.15, 0.2) is 53.6 Å². The van der Waals surface area contributed by atoms with Gasteiger partial charge in [-0.2, -0.15) is 0 Å². The molecule has 0 saturated carbocycles. The van der Waals surface area contributed by atoms with Gasteiger partial charge in [0.2, 0.25) is 0 Å². The van der Waals surface area contributed by atoms with Gasteiger partial charge in [0.25, 0.3) is 0 Å². The number of cyclic esters (lactones) is 1. The maximum Gasteiger partial charge on any atom is 0.322 e. The highest BCUT2D eigenvalue weighted by Gasteiger charge is 2.33. The van der Waals surface area contributed by atoms with Crippen LogP contribution < -0.4 is 0 Å². The molecule has 1 aliphatic heterocycles. The van der Waals surface area contributed by atoms with Crippen molar-refractivity contribution in [2.24, 2.45) is 0 Å². The van der Waals surface area contributed by atoms with Crippen LogP contribution in [0.1, 0.15) is 17.0 Å². The van der Waals surface area contributed by atoms with Gasteiger partial charge in [-0.1, -0.05) is 18.2 Å². The Morgan fingerprint density at radius 1 is 1.00 bits per heavy atom. The van der Waals surface area contributed by atoms with Crippen molar-refractivity contribution < 1.29 is 26.7 Å². The fraction of sp³-hybridized carbons (Fsp3) is 0.118. The largest absolute Gasteiger partial charge is 0.433 e. The summed E-state index contributed by atoms with van der Waals surface area (Å²) in [6.07, 6.45) is 2.33. The summed E-state index contributed by atoms with van der Waals surface area (Å²) >= 11 is 0. The quantitative estimate of drug-likeness (QED) is 0.799. The summed E-state index contributed by atoms with van der Waals surface area (Å²) in [7, 11) is -3.34. The van der Waals surface area contributed by atoms with Gasteiger partial charge in [-0.15, -0.1) is 0 Å². The number of rotatable bonds is 3. The average molecular weight is 350 g/mol. The minimum Gasteiger partial charge on any atom is -0.433 e. The second kappa shape index (κ2) is 5.83. The topological polar surface area (TPSA) is 60.4 Å². The molecule has 1 aliphatic rings. The molecule has 1 unspecified atom stereocenters. The van der Waals surface area contributed by atoms with Crippen LogP contribution in [-0.2, 0) is 19.4 Å². The Kier molecular flexibility index (Phi) is 3.96. The second-order valence-corrected chi connectivity index (χ2v) is 7.43. The van der Waals surface area contributed by atoms with E-state index in [1.165, 1.54) is 36.6 Å². The Hall–Kier alpha value is -2.54. The van der Waals surface area contributed by atoms with Crippen molar-refractivity contribution >= 4 is 21.4 Å². The number of carbonyl (C=O) groups excluding carboxylic acids is 1. The minimum atomic E-state index is -3.34. The summed E-state index contributed by atoms with van der Waals surface area (Å²) in [6, 6.07) is 9.11. The van der Waals surface area contributed by atoms with E-state index in [0.29, 0.717) is 11.1 Å². The lowest BCUT2D eigenvalue weighted by molar-refractivity contribution is -0.136. The molecule has 2 aromatic rings. The van der Waals surface area contributed by atoms with Crippen LogP contribution in [0.3, 0.4) is 0 Å². The molecule has 2 aromatic carbocycles. The number of esters is 1.